The Labute approximate surface area is 134 Å². The molecule has 1 atom stereocenters. The fraction of sp³-hybridized carbons (Fsp3) is 0.385. The van der Waals surface area contributed by atoms with E-state index in [0.29, 0.717) is 6.54 Å². The summed E-state index contributed by atoms with van der Waals surface area (Å²) >= 11 is 6.50. The number of imide groups is 1. The number of nitrogens with one attached hydrogen (secondary N) is 1. The third-order valence-electron chi connectivity index (χ3n) is 3.03. The average Bonchev–Trinajstić information content (AvgIpc) is 2.85. The molecule has 2 rings (SSSR count). The van der Waals surface area contributed by atoms with Gasteiger partial charge in [-0.25, -0.2) is 4.79 Å². The minimum atomic E-state index is -4.56. The molecule has 4 nitrogen and oxygen atoms in total. The number of rotatable bonds is 3. The smallest absolute Gasteiger partial charge is 0.336 e. The molecule has 0 bridgehead atoms. The molecule has 22 heavy (non-hydrogen) atoms. The molecule has 3 amide bonds. The number of halogens is 4. The Balaban J connectivity index is 2.13. The zero-order valence-electron chi connectivity index (χ0n) is 11.4. The summed E-state index contributed by atoms with van der Waals surface area (Å²) in [6, 6.07) is 2.98. The van der Waals surface area contributed by atoms with Crippen LogP contribution in [0.1, 0.15) is 12.5 Å². The molecule has 1 aliphatic rings. The second-order valence-corrected chi connectivity index (χ2v) is 6.44. The Kier molecular flexibility index (Phi) is 4.91. The van der Waals surface area contributed by atoms with E-state index < -0.39 is 34.0 Å². The molecule has 120 valence electrons. The van der Waals surface area contributed by atoms with Crippen molar-refractivity contribution in [1.29, 1.82) is 0 Å². The predicted octanol–water partition coefficient (Wildman–Crippen LogP) is 3.39. The zero-order valence-corrected chi connectivity index (χ0v) is 13.0. The Morgan fingerprint density at radius 2 is 2.14 bits per heavy atom. The van der Waals surface area contributed by atoms with Crippen LogP contribution < -0.4 is 5.32 Å². The first-order valence-corrected chi connectivity index (χ1v) is 7.58. The maximum Gasteiger partial charge on any atom is 0.417 e. The minimum absolute atomic E-state index is 0.261. The van der Waals surface area contributed by atoms with Gasteiger partial charge in [0.25, 0.3) is 0 Å². The van der Waals surface area contributed by atoms with Gasteiger partial charge in [0.05, 0.1) is 15.8 Å². The van der Waals surface area contributed by atoms with Gasteiger partial charge in [0, 0.05) is 18.0 Å². The Morgan fingerprint density at radius 1 is 1.45 bits per heavy atom. The van der Waals surface area contributed by atoms with Gasteiger partial charge in [0.15, 0.2) is 0 Å². The number of thioether (sulfide) groups is 1. The highest BCUT2D eigenvalue weighted by Crippen LogP contribution is 2.37. The number of carbonyl (C=O) groups is 2. The van der Waals surface area contributed by atoms with Crippen molar-refractivity contribution >= 4 is 35.3 Å². The Morgan fingerprint density at radius 3 is 2.68 bits per heavy atom. The first-order chi connectivity index (χ1) is 10.2. The second kappa shape index (κ2) is 6.37. The summed E-state index contributed by atoms with van der Waals surface area (Å²) in [5, 5.41) is 1.41. The molecule has 1 saturated heterocycles. The fourth-order valence-electron chi connectivity index (χ4n) is 1.95. The highest BCUT2D eigenvalue weighted by atomic mass is 35.5. The SMILES string of the molecule is C[C@H](Sc1ccc(Cl)c(C(F)(F)F)c1)C(=O)N1CCNC1=O. The molecular formula is C13H12ClF3N2O2S. The number of nitrogens with zero attached hydrogens (tertiary/aromatic N) is 1. The molecule has 0 aliphatic carbocycles. The lowest BCUT2D eigenvalue weighted by atomic mass is 10.2. The van der Waals surface area contributed by atoms with E-state index in [-0.39, 0.29) is 11.4 Å². The number of alkyl halides is 3. The average molecular weight is 353 g/mol. The number of hydrogen-bond acceptors (Lipinski definition) is 3. The largest absolute Gasteiger partial charge is 0.417 e. The standard InChI is InChI=1S/C13H12ClF3N2O2S/c1-7(11(20)19-5-4-18-12(19)21)22-8-2-3-10(14)9(6-8)13(15,16)17/h2-3,6-7H,4-5H2,1H3,(H,18,21)/t7-/m0/s1. The van der Waals surface area contributed by atoms with Gasteiger partial charge in [0.1, 0.15) is 0 Å². The van der Waals surface area contributed by atoms with Crippen molar-refractivity contribution in [3.8, 4) is 0 Å². The molecule has 1 heterocycles. The van der Waals surface area contributed by atoms with Crippen LogP contribution >= 0.6 is 23.4 Å². The van der Waals surface area contributed by atoms with Crippen LogP contribution in [-0.2, 0) is 11.0 Å². The van der Waals surface area contributed by atoms with Gasteiger partial charge >= 0.3 is 12.2 Å². The quantitative estimate of drug-likeness (QED) is 0.848. The summed E-state index contributed by atoms with van der Waals surface area (Å²) in [5.74, 6) is -0.441. The van der Waals surface area contributed by atoms with E-state index in [1.807, 2.05) is 0 Å². The van der Waals surface area contributed by atoms with Crippen LogP contribution in [0.4, 0.5) is 18.0 Å². The van der Waals surface area contributed by atoms with Crippen molar-refractivity contribution in [3.05, 3.63) is 28.8 Å². The summed E-state index contributed by atoms with van der Waals surface area (Å²) in [5.41, 5.74) is -0.947. The molecule has 0 radical (unpaired) electrons. The van der Waals surface area contributed by atoms with Crippen molar-refractivity contribution < 1.29 is 22.8 Å². The van der Waals surface area contributed by atoms with E-state index in [0.717, 1.165) is 28.8 Å². The summed E-state index contributed by atoms with van der Waals surface area (Å²) in [6.45, 7) is 2.18. The van der Waals surface area contributed by atoms with Crippen molar-refractivity contribution in [1.82, 2.24) is 10.2 Å². The molecule has 9 heteroatoms. The topological polar surface area (TPSA) is 49.4 Å². The van der Waals surface area contributed by atoms with Gasteiger partial charge < -0.3 is 5.32 Å². The highest BCUT2D eigenvalue weighted by molar-refractivity contribution is 8.00. The lowest BCUT2D eigenvalue weighted by Crippen LogP contribution is -2.38. The molecular weight excluding hydrogens is 341 g/mol. The molecule has 1 aromatic carbocycles. The van der Waals surface area contributed by atoms with Crippen LogP contribution in [-0.4, -0.2) is 35.2 Å². The van der Waals surface area contributed by atoms with E-state index >= 15 is 0 Å². The maximum atomic E-state index is 12.8. The number of amides is 3. The Bertz CT molecular complexity index is 609. The Hall–Kier alpha value is -1.41. The third kappa shape index (κ3) is 3.67. The predicted molar refractivity (Wildman–Crippen MR) is 76.9 cm³/mol. The number of carbonyl (C=O) groups excluding carboxylic acids is 2. The van der Waals surface area contributed by atoms with Gasteiger partial charge in [-0.05, 0) is 25.1 Å². The van der Waals surface area contributed by atoms with Gasteiger partial charge in [-0.1, -0.05) is 11.6 Å². The summed E-state index contributed by atoms with van der Waals surface area (Å²) < 4.78 is 38.4. The fourth-order valence-corrected chi connectivity index (χ4v) is 3.14. The molecule has 0 aromatic heterocycles. The first kappa shape index (κ1) is 17.0. The molecule has 1 N–H and O–H groups in total. The summed E-state index contributed by atoms with van der Waals surface area (Å²) in [6.07, 6.45) is -4.56. The number of hydrogen-bond donors (Lipinski definition) is 1. The van der Waals surface area contributed by atoms with Crippen molar-refractivity contribution in [3.63, 3.8) is 0 Å². The highest BCUT2D eigenvalue weighted by Gasteiger charge is 2.34. The molecule has 0 unspecified atom stereocenters. The molecule has 0 saturated carbocycles. The van der Waals surface area contributed by atoms with E-state index in [1.165, 1.54) is 6.07 Å². The van der Waals surface area contributed by atoms with E-state index in [1.54, 1.807) is 6.92 Å². The lowest BCUT2D eigenvalue weighted by Gasteiger charge is -2.18. The van der Waals surface area contributed by atoms with Crippen LogP contribution in [0.25, 0.3) is 0 Å². The van der Waals surface area contributed by atoms with Crippen molar-refractivity contribution in [2.45, 2.75) is 23.2 Å². The van der Waals surface area contributed by atoms with Crippen LogP contribution in [0.3, 0.4) is 0 Å². The van der Waals surface area contributed by atoms with E-state index in [4.69, 9.17) is 11.6 Å². The monoisotopic (exact) mass is 352 g/mol. The second-order valence-electron chi connectivity index (χ2n) is 4.62. The first-order valence-electron chi connectivity index (χ1n) is 6.33. The van der Waals surface area contributed by atoms with Gasteiger partial charge in [-0.15, -0.1) is 11.8 Å². The van der Waals surface area contributed by atoms with Crippen LogP contribution in [0, 0.1) is 0 Å². The lowest BCUT2D eigenvalue weighted by molar-refractivity contribution is -0.137. The van der Waals surface area contributed by atoms with Crippen LogP contribution in [0.5, 0.6) is 0 Å². The summed E-state index contributed by atoms with van der Waals surface area (Å²) in [7, 11) is 0. The van der Waals surface area contributed by atoms with Crippen LogP contribution in [0.15, 0.2) is 23.1 Å². The normalized spacial score (nSPS) is 16.6. The van der Waals surface area contributed by atoms with Crippen molar-refractivity contribution in [2.75, 3.05) is 13.1 Å². The molecule has 1 aliphatic heterocycles. The van der Waals surface area contributed by atoms with Gasteiger partial charge in [-0.3, -0.25) is 9.69 Å². The molecule has 1 fully saturated rings. The minimum Gasteiger partial charge on any atom is -0.336 e. The molecule has 1 aromatic rings. The zero-order chi connectivity index (χ0) is 16.5. The third-order valence-corrected chi connectivity index (χ3v) is 4.44. The van der Waals surface area contributed by atoms with Crippen LogP contribution in [0.2, 0.25) is 5.02 Å². The maximum absolute atomic E-state index is 12.8. The van der Waals surface area contributed by atoms with Gasteiger partial charge in [0.2, 0.25) is 5.91 Å². The molecule has 0 spiro atoms. The number of benzene rings is 1. The summed E-state index contributed by atoms with van der Waals surface area (Å²) in [4.78, 5) is 24.8. The van der Waals surface area contributed by atoms with Gasteiger partial charge in [-0.2, -0.15) is 13.2 Å². The van der Waals surface area contributed by atoms with Crippen molar-refractivity contribution in [2.24, 2.45) is 0 Å². The number of urea groups is 1. The van der Waals surface area contributed by atoms with E-state index in [2.05, 4.69) is 5.32 Å². The van der Waals surface area contributed by atoms with E-state index in [9.17, 15) is 22.8 Å².